The minimum Gasteiger partial charge on any atom is -0.314 e. The molecule has 0 unspecified atom stereocenters. The normalized spacial score (nSPS) is 23.1. The van der Waals surface area contributed by atoms with Crippen molar-refractivity contribution >= 4 is 10.2 Å². The van der Waals surface area contributed by atoms with E-state index in [1.165, 1.54) is 17.1 Å². The highest BCUT2D eigenvalue weighted by Gasteiger charge is 2.36. The van der Waals surface area contributed by atoms with Gasteiger partial charge in [0.05, 0.1) is 0 Å². The van der Waals surface area contributed by atoms with E-state index in [1.54, 1.807) is 7.05 Å². The van der Waals surface area contributed by atoms with Gasteiger partial charge in [-0.1, -0.05) is 0 Å². The van der Waals surface area contributed by atoms with Crippen molar-refractivity contribution in [2.24, 2.45) is 0 Å². The summed E-state index contributed by atoms with van der Waals surface area (Å²) in [6, 6.07) is 0.693. The van der Waals surface area contributed by atoms with Crippen LogP contribution in [0.3, 0.4) is 0 Å². The van der Waals surface area contributed by atoms with Gasteiger partial charge in [0.25, 0.3) is 10.2 Å². The van der Waals surface area contributed by atoms with Crippen molar-refractivity contribution in [1.82, 2.24) is 14.3 Å². The highest BCUT2D eigenvalue weighted by molar-refractivity contribution is 7.87. The molecular formula is C12H25N3O2S. The van der Waals surface area contributed by atoms with Gasteiger partial charge in [-0.05, 0) is 52.0 Å². The lowest BCUT2D eigenvalue weighted by Crippen LogP contribution is -2.54. The Kier molecular flexibility index (Phi) is 4.31. The van der Waals surface area contributed by atoms with E-state index in [0.717, 1.165) is 32.2 Å². The van der Waals surface area contributed by atoms with Crippen LogP contribution in [0.4, 0.5) is 0 Å². The van der Waals surface area contributed by atoms with Gasteiger partial charge in [-0.3, -0.25) is 0 Å². The van der Waals surface area contributed by atoms with Crippen molar-refractivity contribution in [1.29, 1.82) is 0 Å². The Morgan fingerprint density at radius 3 is 2.50 bits per heavy atom. The van der Waals surface area contributed by atoms with Crippen molar-refractivity contribution in [3.63, 3.8) is 0 Å². The van der Waals surface area contributed by atoms with E-state index in [9.17, 15) is 8.42 Å². The molecule has 0 aromatic rings. The van der Waals surface area contributed by atoms with Crippen LogP contribution in [0.1, 0.15) is 45.4 Å². The maximum atomic E-state index is 12.1. The first-order chi connectivity index (χ1) is 8.41. The van der Waals surface area contributed by atoms with Crippen molar-refractivity contribution < 1.29 is 8.42 Å². The second-order valence-electron chi connectivity index (χ2n) is 5.92. The monoisotopic (exact) mass is 275 g/mol. The quantitative estimate of drug-likeness (QED) is 0.645. The van der Waals surface area contributed by atoms with Crippen LogP contribution in [0.25, 0.3) is 0 Å². The smallest absolute Gasteiger partial charge is 0.279 e. The Balaban J connectivity index is 1.69. The molecular weight excluding hydrogens is 250 g/mol. The van der Waals surface area contributed by atoms with Gasteiger partial charge in [-0.25, -0.2) is 0 Å². The van der Waals surface area contributed by atoms with Gasteiger partial charge >= 0.3 is 0 Å². The number of hydrogen-bond donors (Lipinski definition) is 2. The average molecular weight is 275 g/mol. The van der Waals surface area contributed by atoms with Gasteiger partial charge in [0.2, 0.25) is 0 Å². The van der Waals surface area contributed by atoms with E-state index in [1.807, 2.05) is 6.92 Å². The molecule has 6 heteroatoms. The zero-order chi connectivity index (χ0) is 13.2. The second-order valence-corrected chi connectivity index (χ2v) is 7.70. The third-order valence-corrected chi connectivity index (χ3v) is 5.66. The fourth-order valence-electron chi connectivity index (χ4n) is 2.21. The summed E-state index contributed by atoms with van der Waals surface area (Å²) in [5, 5.41) is 3.39. The molecule has 2 aliphatic carbocycles. The lowest BCUT2D eigenvalue weighted by atomic mass is 9.80. The zero-order valence-corrected chi connectivity index (χ0v) is 12.2. The number of hydrogen-bond acceptors (Lipinski definition) is 3. The van der Waals surface area contributed by atoms with Crippen molar-refractivity contribution in [2.75, 3.05) is 20.1 Å². The predicted molar refractivity (Wildman–Crippen MR) is 72.6 cm³/mol. The molecule has 5 nitrogen and oxygen atoms in total. The van der Waals surface area contributed by atoms with Crippen LogP contribution in [0, 0.1) is 0 Å². The van der Waals surface area contributed by atoms with Crippen LogP contribution in [-0.2, 0) is 10.2 Å². The van der Waals surface area contributed by atoms with Crippen LogP contribution >= 0.6 is 0 Å². The number of nitrogens with zero attached hydrogens (tertiary/aromatic N) is 1. The zero-order valence-electron chi connectivity index (χ0n) is 11.4. The molecule has 0 aromatic heterocycles. The average Bonchev–Trinajstić information content (AvgIpc) is 3.05. The lowest BCUT2D eigenvalue weighted by Gasteiger charge is -2.39. The summed E-state index contributed by atoms with van der Waals surface area (Å²) in [6.07, 6.45) is 6.42. The molecule has 0 heterocycles. The molecule has 2 saturated carbocycles. The first kappa shape index (κ1) is 14.2. The molecule has 0 amide bonds. The van der Waals surface area contributed by atoms with E-state index >= 15 is 0 Å². The van der Waals surface area contributed by atoms with E-state index in [4.69, 9.17) is 0 Å². The Morgan fingerprint density at radius 1 is 1.33 bits per heavy atom. The van der Waals surface area contributed by atoms with Gasteiger partial charge in [-0.2, -0.15) is 17.4 Å². The second kappa shape index (κ2) is 5.45. The predicted octanol–water partition coefficient (Wildman–Crippen LogP) is 0.837. The topological polar surface area (TPSA) is 61.4 Å². The molecule has 0 aliphatic heterocycles. The standard InChI is InChI=1S/C12H25N3O2S/c1-12(7-3-8-12)14-18(16,17)15(2)10-4-9-13-11-5-6-11/h11,13-14H,3-10H2,1-2H3. The Hall–Kier alpha value is -0.170. The molecule has 106 valence electrons. The fourth-order valence-corrected chi connectivity index (χ4v) is 3.57. The maximum Gasteiger partial charge on any atom is 0.279 e. The summed E-state index contributed by atoms with van der Waals surface area (Å²) < 4.78 is 28.4. The first-order valence-corrected chi connectivity index (χ1v) is 8.34. The van der Waals surface area contributed by atoms with Crippen LogP contribution in [-0.4, -0.2) is 44.4 Å². The van der Waals surface area contributed by atoms with Crippen LogP contribution in [0.5, 0.6) is 0 Å². The minimum atomic E-state index is -3.31. The lowest BCUT2D eigenvalue weighted by molar-refractivity contribution is 0.242. The molecule has 0 aromatic carbocycles. The van der Waals surface area contributed by atoms with Crippen molar-refractivity contribution in [3.05, 3.63) is 0 Å². The van der Waals surface area contributed by atoms with Gasteiger partial charge in [-0.15, -0.1) is 0 Å². The summed E-state index contributed by atoms with van der Waals surface area (Å²) in [6.45, 7) is 3.46. The minimum absolute atomic E-state index is 0.209. The maximum absolute atomic E-state index is 12.1. The fraction of sp³-hybridized carbons (Fsp3) is 1.00. The van der Waals surface area contributed by atoms with E-state index in [-0.39, 0.29) is 5.54 Å². The highest BCUT2D eigenvalue weighted by atomic mass is 32.2. The molecule has 2 rings (SSSR count). The number of nitrogens with one attached hydrogen (secondary N) is 2. The number of rotatable bonds is 8. The van der Waals surface area contributed by atoms with Gasteiger partial charge in [0.15, 0.2) is 0 Å². The highest BCUT2D eigenvalue weighted by Crippen LogP contribution is 2.31. The largest absolute Gasteiger partial charge is 0.314 e. The molecule has 0 saturated heterocycles. The molecule has 2 N–H and O–H groups in total. The van der Waals surface area contributed by atoms with E-state index in [2.05, 4.69) is 10.0 Å². The Morgan fingerprint density at radius 2 is 2.00 bits per heavy atom. The molecule has 0 bridgehead atoms. The summed E-state index contributed by atoms with van der Waals surface area (Å²) in [4.78, 5) is 0. The van der Waals surface area contributed by atoms with E-state index < -0.39 is 10.2 Å². The molecule has 2 fully saturated rings. The molecule has 0 atom stereocenters. The SMILES string of the molecule is CN(CCCNC1CC1)S(=O)(=O)NC1(C)CCC1. The van der Waals surface area contributed by atoms with Gasteiger partial charge < -0.3 is 5.32 Å². The van der Waals surface area contributed by atoms with Crippen LogP contribution < -0.4 is 10.0 Å². The summed E-state index contributed by atoms with van der Waals surface area (Å²) in [5.41, 5.74) is -0.209. The third-order valence-electron chi connectivity index (χ3n) is 3.90. The molecule has 0 radical (unpaired) electrons. The summed E-state index contributed by atoms with van der Waals surface area (Å²) >= 11 is 0. The summed E-state index contributed by atoms with van der Waals surface area (Å²) in [5.74, 6) is 0. The van der Waals surface area contributed by atoms with Crippen molar-refractivity contribution in [2.45, 2.75) is 57.0 Å². The summed E-state index contributed by atoms with van der Waals surface area (Å²) in [7, 11) is -1.65. The van der Waals surface area contributed by atoms with Crippen LogP contribution in [0.2, 0.25) is 0 Å². The Labute approximate surface area is 110 Å². The third kappa shape index (κ3) is 3.91. The Bertz CT molecular complexity index is 375. The van der Waals surface area contributed by atoms with E-state index in [0.29, 0.717) is 12.6 Å². The van der Waals surface area contributed by atoms with Crippen LogP contribution in [0.15, 0.2) is 0 Å². The molecule has 0 spiro atoms. The van der Waals surface area contributed by atoms with Gasteiger partial charge in [0, 0.05) is 25.2 Å². The first-order valence-electron chi connectivity index (χ1n) is 6.90. The van der Waals surface area contributed by atoms with Crippen molar-refractivity contribution in [3.8, 4) is 0 Å². The molecule has 2 aliphatic rings. The van der Waals surface area contributed by atoms with Gasteiger partial charge in [0.1, 0.15) is 0 Å². The molecule has 18 heavy (non-hydrogen) atoms.